The summed E-state index contributed by atoms with van der Waals surface area (Å²) in [4.78, 5) is 24.8. The molecule has 1 amide bonds. The molecule has 1 aromatic carbocycles. The minimum absolute atomic E-state index is 0.0559. The zero-order valence-electron chi connectivity index (χ0n) is 13.3. The fraction of sp³-hybridized carbons (Fsp3) is 0.412. The summed E-state index contributed by atoms with van der Waals surface area (Å²) in [6.07, 6.45) is 4.71. The first-order chi connectivity index (χ1) is 11.1. The Morgan fingerprint density at radius 3 is 2.83 bits per heavy atom. The number of aryl methyl sites for hydroxylation is 1. The van der Waals surface area contributed by atoms with Gasteiger partial charge in [0.2, 0.25) is 5.43 Å². The molecule has 1 heterocycles. The van der Waals surface area contributed by atoms with E-state index in [0.29, 0.717) is 17.6 Å². The smallest absolute Gasteiger partial charge is 0.256 e. The number of nitrogens with zero attached hydrogens (tertiary/aromatic N) is 1. The third kappa shape index (κ3) is 3.71. The van der Waals surface area contributed by atoms with E-state index in [1.807, 2.05) is 10.6 Å². The number of carbonyl (C=O) groups excluding carboxylic acids is 1. The van der Waals surface area contributed by atoms with Crippen molar-refractivity contribution in [3.05, 3.63) is 40.2 Å². The van der Waals surface area contributed by atoms with Crippen molar-refractivity contribution < 1.29 is 9.90 Å². The Kier molecular flexibility index (Phi) is 5.76. The standard InChI is InChI=1S/C17H23N3O3/c1-2-3-4-9-20-11-12(17(23)19-8-10-21)16(22)15-13(18)6-5-7-14(15)20/h5-7,11,21H,2-4,8-10,18H2,1H3,(H,19,23). The van der Waals surface area contributed by atoms with Crippen LogP contribution in [0, 0.1) is 0 Å². The van der Waals surface area contributed by atoms with Crippen LogP contribution in [0.5, 0.6) is 0 Å². The Morgan fingerprint density at radius 1 is 1.35 bits per heavy atom. The number of hydrogen-bond donors (Lipinski definition) is 3. The Balaban J connectivity index is 2.55. The molecule has 2 rings (SSSR count). The molecule has 124 valence electrons. The van der Waals surface area contributed by atoms with Gasteiger partial charge in [-0.3, -0.25) is 9.59 Å². The van der Waals surface area contributed by atoms with Crippen LogP contribution >= 0.6 is 0 Å². The molecule has 0 radical (unpaired) electrons. The van der Waals surface area contributed by atoms with Crippen molar-refractivity contribution >= 4 is 22.5 Å². The Bertz CT molecular complexity index is 753. The number of aromatic nitrogens is 1. The molecule has 0 spiro atoms. The highest BCUT2D eigenvalue weighted by Crippen LogP contribution is 2.19. The molecule has 0 aliphatic rings. The minimum atomic E-state index is -0.488. The third-order valence-corrected chi connectivity index (χ3v) is 3.79. The predicted octanol–water partition coefficient (Wildman–Crippen LogP) is 1.50. The van der Waals surface area contributed by atoms with Gasteiger partial charge in [-0.1, -0.05) is 25.8 Å². The van der Waals surface area contributed by atoms with Crippen LogP contribution in [0.15, 0.2) is 29.2 Å². The molecule has 0 bridgehead atoms. The van der Waals surface area contributed by atoms with Crippen molar-refractivity contribution in [2.45, 2.75) is 32.7 Å². The second-order valence-corrected chi connectivity index (χ2v) is 5.49. The molecule has 0 saturated carbocycles. The molecular weight excluding hydrogens is 294 g/mol. The summed E-state index contributed by atoms with van der Waals surface area (Å²) in [6.45, 7) is 2.77. The molecular formula is C17H23N3O3. The van der Waals surface area contributed by atoms with E-state index in [-0.39, 0.29) is 24.1 Å². The number of unbranched alkanes of at least 4 members (excludes halogenated alkanes) is 2. The summed E-state index contributed by atoms with van der Waals surface area (Å²) in [5, 5.41) is 11.7. The zero-order valence-corrected chi connectivity index (χ0v) is 13.3. The first-order valence-electron chi connectivity index (χ1n) is 7.90. The number of aliphatic hydroxyl groups is 1. The van der Waals surface area contributed by atoms with Crippen molar-refractivity contribution in [1.29, 1.82) is 0 Å². The van der Waals surface area contributed by atoms with Crippen LogP contribution in [0.25, 0.3) is 10.9 Å². The Hall–Kier alpha value is -2.34. The molecule has 0 unspecified atom stereocenters. The molecule has 2 aromatic rings. The van der Waals surface area contributed by atoms with Gasteiger partial charge in [0.15, 0.2) is 0 Å². The number of anilines is 1. The van der Waals surface area contributed by atoms with E-state index in [9.17, 15) is 9.59 Å². The van der Waals surface area contributed by atoms with E-state index in [1.54, 1.807) is 18.3 Å². The lowest BCUT2D eigenvalue weighted by Gasteiger charge is -2.14. The van der Waals surface area contributed by atoms with Crippen molar-refractivity contribution in [3.63, 3.8) is 0 Å². The maximum absolute atomic E-state index is 12.6. The highest BCUT2D eigenvalue weighted by Gasteiger charge is 2.16. The van der Waals surface area contributed by atoms with E-state index < -0.39 is 5.91 Å². The van der Waals surface area contributed by atoms with Crippen LogP contribution in [0.4, 0.5) is 5.69 Å². The lowest BCUT2D eigenvalue weighted by Crippen LogP contribution is -2.32. The second kappa shape index (κ2) is 7.78. The predicted molar refractivity (Wildman–Crippen MR) is 91.6 cm³/mol. The van der Waals surface area contributed by atoms with E-state index in [1.165, 1.54) is 0 Å². The summed E-state index contributed by atoms with van der Waals surface area (Å²) < 4.78 is 1.91. The van der Waals surface area contributed by atoms with Gasteiger partial charge in [0.25, 0.3) is 5.91 Å². The number of hydrogen-bond acceptors (Lipinski definition) is 4. The molecule has 0 saturated heterocycles. The normalized spacial score (nSPS) is 10.9. The Morgan fingerprint density at radius 2 is 2.13 bits per heavy atom. The van der Waals surface area contributed by atoms with Crippen molar-refractivity contribution in [1.82, 2.24) is 9.88 Å². The summed E-state index contributed by atoms with van der Waals surface area (Å²) in [5.41, 5.74) is 6.76. The molecule has 6 nitrogen and oxygen atoms in total. The SMILES string of the molecule is CCCCCn1cc(C(=O)NCCO)c(=O)c2c(N)cccc21. The number of nitrogens with one attached hydrogen (secondary N) is 1. The maximum atomic E-state index is 12.6. The molecule has 0 atom stereocenters. The van der Waals surface area contributed by atoms with Gasteiger partial charge in [-0.05, 0) is 18.6 Å². The Labute approximate surface area is 134 Å². The number of amides is 1. The first kappa shape index (κ1) is 17.0. The molecule has 0 aliphatic heterocycles. The number of pyridine rings is 1. The topological polar surface area (TPSA) is 97.4 Å². The summed E-state index contributed by atoms with van der Waals surface area (Å²) in [5.74, 6) is -0.488. The summed E-state index contributed by atoms with van der Waals surface area (Å²) in [7, 11) is 0. The van der Waals surface area contributed by atoms with Crippen molar-refractivity contribution in [3.8, 4) is 0 Å². The van der Waals surface area contributed by atoms with Gasteiger partial charge in [-0.15, -0.1) is 0 Å². The number of benzene rings is 1. The number of rotatable bonds is 7. The summed E-state index contributed by atoms with van der Waals surface area (Å²) >= 11 is 0. The van der Waals surface area contributed by atoms with Crippen LogP contribution in [0.3, 0.4) is 0 Å². The van der Waals surface area contributed by atoms with Gasteiger partial charge in [0, 0.05) is 25.0 Å². The van der Waals surface area contributed by atoms with Crippen LogP contribution in [0.1, 0.15) is 36.5 Å². The molecule has 4 N–H and O–H groups in total. The number of nitrogen functional groups attached to an aromatic ring is 1. The van der Waals surface area contributed by atoms with E-state index in [0.717, 1.165) is 24.8 Å². The third-order valence-electron chi connectivity index (χ3n) is 3.79. The number of carbonyl (C=O) groups is 1. The zero-order chi connectivity index (χ0) is 16.8. The highest BCUT2D eigenvalue weighted by molar-refractivity contribution is 6.00. The van der Waals surface area contributed by atoms with Gasteiger partial charge in [-0.2, -0.15) is 0 Å². The van der Waals surface area contributed by atoms with Gasteiger partial charge >= 0.3 is 0 Å². The number of nitrogens with two attached hydrogens (primary N) is 1. The number of aliphatic hydroxyl groups excluding tert-OH is 1. The lowest BCUT2D eigenvalue weighted by molar-refractivity contribution is 0.0943. The highest BCUT2D eigenvalue weighted by atomic mass is 16.3. The van der Waals surface area contributed by atoms with Crippen LogP contribution in [-0.4, -0.2) is 28.7 Å². The second-order valence-electron chi connectivity index (χ2n) is 5.49. The quantitative estimate of drug-likeness (QED) is 0.532. The molecule has 0 fully saturated rings. The fourth-order valence-corrected chi connectivity index (χ4v) is 2.61. The molecule has 23 heavy (non-hydrogen) atoms. The summed E-state index contributed by atoms with van der Waals surface area (Å²) in [6, 6.07) is 5.31. The largest absolute Gasteiger partial charge is 0.398 e. The molecule has 0 aliphatic carbocycles. The lowest BCUT2D eigenvalue weighted by atomic mass is 10.1. The van der Waals surface area contributed by atoms with Crippen LogP contribution in [-0.2, 0) is 6.54 Å². The maximum Gasteiger partial charge on any atom is 0.256 e. The average molecular weight is 317 g/mol. The van der Waals surface area contributed by atoms with Gasteiger partial charge in [0.05, 0.1) is 17.5 Å². The monoisotopic (exact) mass is 317 g/mol. The van der Waals surface area contributed by atoms with Crippen LogP contribution in [0.2, 0.25) is 0 Å². The molecule has 1 aromatic heterocycles. The van der Waals surface area contributed by atoms with Gasteiger partial charge in [0.1, 0.15) is 5.56 Å². The fourth-order valence-electron chi connectivity index (χ4n) is 2.61. The van der Waals surface area contributed by atoms with Crippen LogP contribution < -0.4 is 16.5 Å². The first-order valence-corrected chi connectivity index (χ1v) is 7.90. The van der Waals surface area contributed by atoms with Gasteiger partial charge < -0.3 is 20.7 Å². The minimum Gasteiger partial charge on any atom is -0.398 e. The number of fused-ring (bicyclic) bond motifs is 1. The van der Waals surface area contributed by atoms with E-state index in [4.69, 9.17) is 10.8 Å². The van der Waals surface area contributed by atoms with Gasteiger partial charge in [-0.25, -0.2) is 0 Å². The van der Waals surface area contributed by atoms with E-state index >= 15 is 0 Å². The van der Waals surface area contributed by atoms with Crippen molar-refractivity contribution in [2.75, 3.05) is 18.9 Å². The average Bonchev–Trinajstić information content (AvgIpc) is 2.54. The van der Waals surface area contributed by atoms with E-state index in [2.05, 4.69) is 12.2 Å². The van der Waals surface area contributed by atoms with Crippen molar-refractivity contribution in [2.24, 2.45) is 0 Å². The molecule has 6 heteroatoms.